The Kier molecular flexibility index (Phi) is 4.91. The fourth-order valence-electron chi connectivity index (χ4n) is 2.74. The molecule has 104 valence electrons. The van der Waals surface area contributed by atoms with E-state index in [1.54, 1.807) is 12.1 Å². The van der Waals surface area contributed by atoms with E-state index in [4.69, 9.17) is 5.73 Å². The van der Waals surface area contributed by atoms with Crippen molar-refractivity contribution in [2.24, 2.45) is 5.73 Å². The van der Waals surface area contributed by atoms with Crippen molar-refractivity contribution in [1.82, 2.24) is 4.90 Å². The summed E-state index contributed by atoms with van der Waals surface area (Å²) in [6, 6.07) is 6.03. The van der Waals surface area contributed by atoms with Gasteiger partial charge in [-0.15, -0.1) is 0 Å². The number of hydrogen-bond acceptors (Lipinski definition) is 2. The third-order valence-corrected chi connectivity index (χ3v) is 3.74. The predicted molar refractivity (Wildman–Crippen MR) is 73.4 cm³/mol. The lowest BCUT2D eigenvalue weighted by atomic mass is 9.93. The molecule has 1 aromatic carbocycles. The molecule has 1 aliphatic rings. The Labute approximate surface area is 113 Å². The van der Waals surface area contributed by atoms with E-state index < -0.39 is 0 Å². The van der Waals surface area contributed by atoms with Crippen molar-refractivity contribution >= 4 is 5.91 Å². The summed E-state index contributed by atoms with van der Waals surface area (Å²) in [5, 5.41) is 0. The van der Waals surface area contributed by atoms with Crippen LogP contribution in [0.2, 0.25) is 0 Å². The normalized spacial score (nSPS) is 16.3. The number of rotatable bonds is 4. The average Bonchev–Trinajstić information content (AvgIpc) is 2.46. The van der Waals surface area contributed by atoms with Crippen molar-refractivity contribution in [2.75, 3.05) is 13.1 Å². The minimum atomic E-state index is -0.320. The minimum absolute atomic E-state index is 0.0302. The molecule has 1 fully saturated rings. The Bertz CT molecular complexity index is 413. The monoisotopic (exact) mass is 264 g/mol. The van der Waals surface area contributed by atoms with Gasteiger partial charge < -0.3 is 10.6 Å². The van der Waals surface area contributed by atoms with Gasteiger partial charge in [-0.25, -0.2) is 4.39 Å². The van der Waals surface area contributed by atoms with E-state index in [2.05, 4.69) is 0 Å². The third-order valence-electron chi connectivity index (χ3n) is 3.74. The van der Waals surface area contributed by atoms with Crippen molar-refractivity contribution in [3.05, 3.63) is 35.6 Å². The highest BCUT2D eigenvalue weighted by Gasteiger charge is 2.25. The van der Waals surface area contributed by atoms with Gasteiger partial charge in [-0.2, -0.15) is 0 Å². The van der Waals surface area contributed by atoms with Crippen molar-refractivity contribution in [2.45, 2.75) is 38.1 Å². The molecule has 1 saturated carbocycles. The Morgan fingerprint density at radius 3 is 2.42 bits per heavy atom. The van der Waals surface area contributed by atoms with Gasteiger partial charge in [0.2, 0.25) is 0 Å². The van der Waals surface area contributed by atoms with Gasteiger partial charge in [-0.1, -0.05) is 19.3 Å². The van der Waals surface area contributed by atoms with Crippen LogP contribution < -0.4 is 5.73 Å². The first-order chi connectivity index (χ1) is 9.22. The number of hydrogen-bond donors (Lipinski definition) is 1. The van der Waals surface area contributed by atoms with Gasteiger partial charge in [0.05, 0.1) is 0 Å². The predicted octanol–water partition coefficient (Wildman–Crippen LogP) is 2.56. The molecule has 0 aliphatic heterocycles. The summed E-state index contributed by atoms with van der Waals surface area (Å²) in [6.07, 6.45) is 5.68. The fourth-order valence-corrected chi connectivity index (χ4v) is 2.74. The van der Waals surface area contributed by atoms with Crippen molar-refractivity contribution in [3.63, 3.8) is 0 Å². The van der Waals surface area contributed by atoms with Gasteiger partial charge >= 0.3 is 0 Å². The van der Waals surface area contributed by atoms with Crippen LogP contribution in [0.4, 0.5) is 4.39 Å². The number of halogens is 1. The van der Waals surface area contributed by atoms with E-state index in [1.165, 1.54) is 31.4 Å². The molecule has 4 heteroatoms. The smallest absolute Gasteiger partial charge is 0.254 e. The van der Waals surface area contributed by atoms with Gasteiger partial charge in [0.1, 0.15) is 5.82 Å². The molecule has 1 aromatic rings. The van der Waals surface area contributed by atoms with Gasteiger partial charge in [0.25, 0.3) is 5.91 Å². The molecule has 2 rings (SSSR count). The molecule has 0 heterocycles. The molecular formula is C15H21FN2O. The second kappa shape index (κ2) is 6.66. The van der Waals surface area contributed by atoms with E-state index in [0.717, 1.165) is 12.8 Å². The third kappa shape index (κ3) is 3.53. The van der Waals surface area contributed by atoms with Crippen LogP contribution in [-0.4, -0.2) is 29.9 Å². The largest absolute Gasteiger partial charge is 0.334 e. The van der Waals surface area contributed by atoms with Crippen LogP contribution in [0.15, 0.2) is 24.3 Å². The highest BCUT2D eigenvalue weighted by molar-refractivity contribution is 5.94. The lowest BCUT2D eigenvalue weighted by Gasteiger charge is -2.34. The van der Waals surface area contributed by atoms with E-state index in [1.807, 2.05) is 4.90 Å². The van der Waals surface area contributed by atoms with Gasteiger partial charge in [-0.05, 0) is 37.1 Å². The summed E-state index contributed by atoms with van der Waals surface area (Å²) in [7, 11) is 0. The van der Waals surface area contributed by atoms with Crippen LogP contribution in [-0.2, 0) is 0 Å². The van der Waals surface area contributed by atoms with Crippen molar-refractivity contribution < 1.29 is 9.18 Å². The maximum absolute atomic E-state index is 12.9. The minimum Gasteiger partial charge on any atom is -0.334 e. The molecule has 0 atom stereocenters. The lowest BCUT2D eigenvalue weighted by molar-refractivity contribution is 0.0641. The van der Waals surface area contributed by atoms with E-state index >= 15 is 0 Å². The van der Waals surface area contributed by atoms with Crippen molar-refractivity contribution in [3.8, 4) is 0 Å². The SMILES string of the molecule is NCCN(C(=O)c1ccc(F)cc1)C1CCCCC1. The number of carbonyl (C=O) groups is 1. The van der Waals surface area contributed by atoms with E-state index in [0.29, 0.717) is 18.7 Å². The van der Waals surface area contributed by atoms with Crippen LogP contribution in [0.25, 0.3) is 0 Å². The molecule has 1 amide bonds. The maximum atomic E-state index is 12.9. The summed E-state index contributed by atoms with van der Waals surface area (Å²) in [6.45, 7) is 1.03. The molecule has 0 radical (unpaired) electrons. The zero-order valence-electron chi connectivity index (χ0n) is 11.1. The van der Waals surface area contributed by atoms with Gasteiger partial charge in [0.15, 0.2) is 0 Å². The highest BCUT2D eigenvalue weighted by Crippen LogP contribution is 2.23. The summed E-state index contributed by atoms with van der Waals surface area (Å²) >= 11 is 0. The van der Waals surface area contributed by atoms with Crippen molar-refractivity contribution in [1.29, 1.82) is 0 Å². The summed E-state index contributed by atoms with van der Waals surface area (Å²) in [4.78, 5) is 14.4. The molecule has 1 aliphatic carbocycles. The second-order valence-electron chi connectivity index (χ2n) is 5.09. The summed E-state index contributed by atoms with van der Waals surface area (Å²) in [5.41, 5.74) is 6.16. The molecule has 0 unspecified atom stereocenters. The van der Waals surface area contributed by atoms with Crippen LogP contribution >= 0.6 is 0 Å². The van der Waals surface area contributed by atoms with Gasteiger partial charge in [0, 0.05) is 24.7 Å². The number of carbonyl (C=O) groups excluding carboxylic acids is 1. The Morgan fingerprint density at radius 1 is 1.21 bits per heavy atom. The number of benzene rings is 1. The first kappa shape index (κ1) is 14.0. The molecule has 0 aromatic heterocycles. The van der Waals surface area contributed by atoms with Crippen LogP contribution in [0.5, 0.6) is 0 Å². The van der Waals surface area contributed by atoms with Crippen LogP contribution in [0.1, 0.15) is 42.5 Å². The lowest BCUT2D eigenvalue weighted by Crippen LogP contribution is -2.44. The Morgan fingerprint density at radius 2 is 1.84 bits per heavy atom. The first-order valence-electron chi connectivity index (χ1n) is 6.99. The standard InChI is InChI=1S/C15H21FN2O/c16-13-8-6-12(7-9-13)15(19)18(11-10-17)14-4-2-1-3-5-14/h6-9,14H,1-5,10-11,17H2. The van der Waals surface area contributed by atoms with Crippen LogP contribution in [0, 0.1) is 5.82 Å². The van der Waals surface area contributed by atoms with E-state index in [9.17, 15) is 9.18 Å². The highest BCUT2D eigenvalue weighted by atomic mass is 19.1. The number of nitrogens with two attached hydrogens (primary N) is 1. The topological polar surface area (TPSA) is 46.3 Å². The molecule has 2 N–H and O–H groups in total. The Hall–Kier alpha value is -1.42. The maximum Gasteiger partial charge on any atom is 0.254 e. The Balaban J connectivity index is 2.13. The second-order valence-corrected chi connectivity index (χ2v) is 5.09. The zero-order valence-corrected chi connectivity index (χ0v) is 11.1. The summed E-state index contributed by atoms with van der Waals surface area (Å²) in [5.74, 6) is -0.350. The average molecular weight is 264 g/mol. The molecule has 19 heavy (non-hydrogen) atoms. The quantitative estimate of drug-likeness (QED) is 0.908. The van der Waals surface area contributed by atoms with E-state index in [-0.39, 0.29) is 17.8 Å². The number of nitrogens with zero attached hydrogens (tertiary/aromatic N) is 1. The zero-order chi connectivity index (χ0) is 13.7. The molecular weight excluding hydrogens is 243 g/mol. The first-order valence-corrected chi connectivity index (χ1v) is 6.99. The molecule has 0 spiro atoms. The molecule has 0 bridgehead atoms. The fraction of sp³-hybridized carbons (Fsp3) is 0.533. The summed E-state index contributed by atoms with van der Waals surface area (Å²) < 4.78 is 12.9. The molecule has 3 nitrogen and oxygen atoms in total. The van der Waals surface area contributed by atoms with Crippen LogP contribution in [0.3, 0.4) is 0 Å². The number of amides is 1. The van der Waals surface area contributed by atoms with Gasteiger partial charge in [-0.3, -0.25) is 4.79 Å². The molecule has 0 saturated heterocycles.